The van der Waals surface area contributed by atoms with Crippen LogP contribution < -0.4 is 14.8 Å². The Hall–Kier alpha value is -2.73. The summed E-state index contributed by atoms with van der Waals surface area (Å²) in [4.78, 5) is 0. The van der Waals surface area contributed by atoms with Crippen LogP contribution >= 0.6 is 11.6 Å². The summed E-state index contributed by atoms with van der Waals surface area (Å²) in [6.45, 7) is 9.29. The first kappa shape index (κ1) is 25.4. The van der Waals surface area contributed by atoms with E-state index >= 15 is 0 Å². The third-order valence-corrected chi connectivity index (χ3v) is 6.28. The highest BCUT2D eigenvalue weighted by Gasteiger charge is 2.46. The van der Waals surface area contributed by atoms with E-state index in [0.29, 0.717) is 18.2 Å². The molecule has 1 aliphatic heterocycles. The van der Waals surface area contributed by atoms with E-state index in [1.165, 1.54) is 5.56 Å². The summed E-state index contributed by atoms with van der Waals surface area (Å²) >= 11 is 6.18. The van der Waals surface area contributed by atoms with Crippen molar-refractivity contribution in [2.45, 2.75) is 64.8 Å². The molecule has 5 nitrogen and oxygen atoms in total. The number of fused-ring (bicyclic) bond motifs is 1. The van der Waals surface area contributed by atoms with Gasteiger partial charge in [-0.1, -0.05) is 35.9 Å². The van der Waals surface area contributed by atoms with Crippen molar-refractivity contribution in [2.75, 3.05) is 12.4 Å². The lowest BCUT2D eigenvalue weighted by Crippen LogP contribution is -2.51. The van der Waals surface area contributed by atoms with E-state index in [4.69, 9.17) is 30.5 Å². The number of hydrogen-bond donors (Lipinski definition) is 1. The Bertz CT molecular complexity index is 1130. The molecule has 0 amide bonds. The summed E-state index contributed by atoms with van der Waals surface area (Å²) in [5.41, 5.74) is 3.57. The third-order valence-electron chi connectivity index (χ3n) is 6.04. The van der Waals surface area contributed by atoms with Gasteiger partial charge in [0.25, 0.3) is 0 Å². The van der Waals surface area contributed by atoms with Gasteiger partial charge in [-0.25, -0.2) is 0 Å². The predicted octanol–water partition coefficient (Wildman–Crippen LogP) is 7.18. The van der Waals surface area contributed by atoms with Crippen LogP contribution in [0.15, 0.2) is 66.7 Å². The van der Waals surface area contributed by atoms with Crippen LogP contribution in [0.1, 0.15) is 50.5 Å². The number of nitrogens with one attached hydrogen (secondary N) is 1. The van der Waals surface area contributed by atoms with E-state index < -0.39 is 5.60 Å². The maximum Gasteiger partial charge on any atom is 0.132 e. The van der Waals surface area contributed by atoms with Gasteiger partial charge >= 0.3 is 0 Å². The molecule has 186 valence electrons. The van der Waals surface area contributed by atoms with E-state index in [-0.39, 0.29) is 18.3 Å². The normalized spacial score (nSPS) is 18.6. The summed E-state index contributed by atoms with van der Waals surface area (Å²) in [5.74, 6) is 1.66. The lowest BCUT2D eigenvalue weighted by atomic mass is 9.87. The molecule has 1 heterocycles. The second-order valence-corrected chi connectivity index (χ2v) is 10.1. The van der Waals surface area contributed by atoms with Crippen molar-refractivity contribution in [1.29, 1.82) is 0 Å². The molecular weight excluding hydrogens is 462 g/mol. The highest BCUT2D eigenvalue weighted by atomic mass is 35.5. The fourth-order valence-electron chi connectivity index (χ4n) is 4.33. The number of rotatable bonds is 9. The number of anilines is 1. The Morgan fingerprint density at radius 1 is 1.00 bits per heavy atom. The summed E-state index contributed by atoms with van der Waals surface area (Å²) in [6, 6.07) is 21.9. The molecular formula is C29H34ClNO4. The molecule has 1 N–H and O–H groups in total. The maximum atomic E-state index is 6.46. The molecule has 4 rings (SSSR count). The van der Waals surface area contributed by atoms with Crippen LogP contribution in [0.3, 0.4) is 0 Å². The molecule has 0 spiro atoms. The lowest BCUT2D eigenvalue weighted by molar-refractivity contribution is -0.177. The van der Waals surface area contributed by atoms with Gasteiger partial charge in [-0.3, -0.25) is 0 Å². The Morgan fingerprint density at radius 2 is 1.77 bits per heavy atom. The van der Waals surface area contributed by atoms with Gasteiger partial charge in [0.05, 0.1) is 19.8 Å². The lowest BCUT2D eigenvalue weighted by Gasteiger charge is -2.45. The molecule has 0 aromatic heterocycles. The molecule has 0 radical (unpaired) electrons. The van der Waals surface area contributed by atoms with Crippen LogP contribution in [0, 0.1) is 0 Å². The van der Waals surface area contributed by atoms with Gasteiger partial charge in [0.2, 0.25) is 0 Å². The molecule has 0 saturated carbocycles. The average molecular weight is 496 g/mol. The maximum absolute atomic E-state index is 6.46. The van der Waals surface area contributed by atoms with Crippen molar-refractivity contribution in [3.8, 4) is 11.5 Å². The fourth-order valence-corrected chi connectivity index (χ4v) is 4.54. The fraction of sp³-hybridized carbons (Fsp3) is 0.379. The number of methoxy groups -OCH3 is 1. The van der Waals surface area contributed by atoms with Gasteiger partial charge < -0.3 is 24.3 Å². The first-order valence-electron chi connectivity index (χ1n) is 12.0. The minimum Gasteiger partial charge on any atom is -0.497 e. The SMILES string of the molecule is COc1ccc(CNc2ccc3c(c2)C(OC(C)C)C(OCc2cccc(Cl)c2)C(C)(C)O3)cc1. The van der Waals surface area contributed by atoms with Crippen LogP contribution in [-0.4, -0.2) is 24.9 Å². The van der Waals surface area contributed by atoms with Crippen molar-refractivity contribution in [3.63, 3.8) is 0 Å². The van der Waals surface area contributed by atoms with Crippen molar-refractivity contribution in [3.05, 3.63) is 88.4 Å². The molecule has 0 fully saturated rings. The van der Waals surface area contributed by atoms with Crippen molar-refractivity contribution in [1.82, 2.24) is 0 Å². The molecule has 2 unspecified atom stereocenters. The molecule has 0 bridgehead atoms. The number of ether oxygens (including phenoxy) is 4. The highest BCUT2D eigenvalue weighted by Crippen LogP contribution is 2.45. The topological polar surface area (TPSA) is 49.0 Å². The molecule has 1 aliphatic rings. The van der Waals surface area contributed by atoms with Crippen LogP contribution in [0.5, 0.6) is 11.5 Å². The number of halogens is 1. The zero-order valence-electron chi connectivity index (χ0n) is 21.0. The summed E-state index contributed by atoms with van der Waals surface area (Å²) < 4.78 is 24.6. The van der Waals surface area contributed by atoms with Gasteiger partial charge in [-0.15, -0.1) is 0 Å². The molecule has 3 aromatic carbocycles. The number of benzene rings is 3. The van der Waals surface area contributed by atoms with E-state index in [1.807, 2.05) is 76.2 Å². The van der Waals surface area contributed by atoms with Gasteiger partial charge in [0.1, 0.15) is 29.3 Å². The molecule has 0 saturated heterocycles. The van der Waals surface area contributed by atoms with Crippen molar-refractivity contribution < 1.29 is 18.9 Å². The first-order chi connectivity index (χ1) is 16.7. The van der Waals surface area contributed by atoms with Gasteiger partial charge in [-0.2, -0.15) is 0 Å². The molecule has 6 heteroatoms. The van der Waals surface area contributed by atoms with Gasteiger partial charge in [-0.05, 0) is 81.3 Å². The largest absolute Gasteiger partial charge is 0.497 e. The monoisotopic (exact) mass is 495 g/mol. The minimum absolute atomic E-state index is 0.0231. The van der Waals surface area contributed by atoms with Crippen molar-refractivity contribution >= 4 is 17.3 Å². The Balaban J connectivity index is 1.56. The van der Waals surface area contributed by atoms with E-state index in [1.54, 1.807) is 7.11 Å². The summed E-state index contributed by atoms with van der Waals surface area (Å²) in [5, 5.41) is 4.21. The summed E-state index contributed by atoms with van der Waals surface area (Å²) in [6.07, 6.45) is -0.571. The van der Waals surface area contributed by atoms with E-state index in [2.05, 4.69) is 23.5 Å². The standard InChI is InChI=1S/C29H34ClNO4/c1-19(2)34-27-25-16-23(31-17-20-9-12-24(32-5)13-10-20)11-14-26(25)35-29(3,4)28(27)33-18-21-7-6-8-22(30)15-21/h6-16,19,27-28,31H,17-18H2,1-5H3. The Kier molecular flexibility index (Phi) is 7.90. The predicted molar refractivity (Wildman–Crippen MR) is 140 cm³/mol. The van der Waals surface area contributed by atoms with E-state index in [9.17, 15) is 0 Å². The Morgan fingerprint density at radius 3 is 2.46 bits per heavy atom. The van der Waals surface area contributed by atoms with Crippen LogP contribution in [0.4, 0.5) is 5.69 Å². The van der Waals surface area contributed by atoms with Crippen LogP contribution in [-0.2, 0) is 22.6 Å². The third kappa shape index (κ3) is 6.29. The Labute approximate surface area is 213 Å². The smallest absolute Gasteiger partial charge is 0.132 e. The second kappa shape index (κ2) is 10.9. The zero-order valence-corrected chi connectivity index (χ0v) is 21.8. The molecule has 0 aliphatic carbocycles. The quantitative estimate of drug-likeness (QED) is 0.340. The van der Waals surface area contributed by atoms with E-state index in [0.717, 1.165) is 28.3 Å². The number of hydrogen-bond acceptors (Lipinski definition) is 5. The van der Waals surface area contributed by atoms with Crippen molar-refractivity contribution in [2.24, 2.45) is 0 Å². The zero-order chi connectivity index (χ0) is 25.0. The molecule has 2 atom stereocenters. The molecule has 35 heavy (non-hydrogen) atoms. The van der Waals surface area contributed by atoms with Gasteiger partial charge in [0, 0.05) is 22.8 Å². The van der Waals surface area contributed by atoms with Gasteiger partial charge in [0.15, 0.2) is 0 Å². The highest BCUT2D eigenvalue weighted by molar-refractivity contribution is 6.30. The second-order valence-electron chi connectivity index (χ2n) is 9.63. The molecule has 3 aromatic rings. The first-order valence-corrected chi connectivity index (χ1v) is 12.3. The minimum atomic E-state index is -0.580. The average Bonchev–Trinajstić information content (AvgIpc) is 2.82. The summed E-state index contributed by atoms with van der Waals surface area (Å²) in [7, 11) is 1.67. The van der Waals surface area contributed by atoms with Crippen LogP contribution in [0.25, 0.3) is 0 Å². The van der Waals surface area contributed by atoms with Crippen LogP contribution in [0.2, 0.25) is 5.02 Å².